The molecule has 1 heteroatoms. The summed E-state index contributed by atoms with van der Waals surface area (Å²) in [6.45, 7) is 30.9. The molecule has 0 aliphatic carbocycles. The van der Waals surface area contributed by atoms with Gasteiger partial charge < -0.3 is 5.32 Å². The van der Waals surface area contributed by atoms with Crippen LogP contribution in [0.4, 0.5) is 0 Å². The largest absolute Gasteiger partial charge is 0.316 e. The maximum Gasteiger partial charge on any atom is 0.000295 e. The normalized spacial score (nSPS) is 14.9. The fourth-order valence-corrected chi connectivity index (χ4v) is 3.74. The highest BCUT2D eigenvalue weighted by Crippen LogP contribution is 2.40. The summed E-state index contributed by atoms with van der Waals surface area (Å²) in [4.78, 5) is 0. The summed E-state index contributed by atoms with van der Waals surface area (Å²) in [5.74, 6) is 1.45. The van der Waals surface area contributed by atoms with E-state index >= 15 is 0 Å². The minimum Gasteiger partial charge on any atom is -0.316 e. The van der Waals surface area contributed by atoms with Crippen LogP contribution in [-0.4, -0.2) is 13.1 Å². The van der Waals surface area contributed by atoms with Crippen molar-refractivity contribution in [3.05, 3.63) is 0 Å². The molecule has 140 valence electrons. The molecule has 0 amide bonds. The molecule has 0 spiro atoms. The third-order valence-corrected chi connectivity index (χ3v) is 6.20. The summed E-state index contributed by atoms with van der Waals surface area (Å²) >= 11 is 0. The molecule has 0 aliphatic heterocycles. The van der Waals surface area contributed by atoms with Crippen molar-refractivity contribution in [2.24, 2.45) is 33.5 Å². The van der Waals surface area contributed by atoms with Crippen molar-refractivity contribution in [2.75, 3.05) is 13.1 Å². The van der Waals surface area contributed by atoms with Crippen LogP contribution in [0, 0.1) is 33.5 Å². The van der Waals surface area contributed by atoms with Gasteiger partial charge in [0.15, 0.2) is 0 Å². The number of hydrogen-bond acceptors (Lipinski definition) is 1. The molecule has 1 nitrogen and oxygen atoms in total. The van der Waals surface area contributed by atoms with Gasteiger partial charge in [-0.2, -0.15) is 0 Å². The predicted octanol–water partition coefficient (Wildman–Crippen LogP) is 6.77. The highest BCUT2D eigenvalue weighted by Gasteiger charge is 2.33. The molecule has 0 aromatic rings. The van der Waals surface area contributed by atoms with E-state index in [0.29, 0.717) is 21.7 Å². The lowest BCUT2D eigenvalue weighted by atomic mass is 9.68. The van der Waals surface area contributed by atoms with Crippen LogP contribution < -0.4 is 5.32 Å². The van der Waals surface area contributed by atoms with Gasteiger partial charge in [0.2, 0.25) is 0 Å². The molecule has 0 rings (SSSR count). The number of rotatable bonds is 10. The molecule has 0 heterocycles. The van der Waals surface area contributed by atoms with Crippen molar-refractivity contribution >= 4 is 0 Å². The Kier molecular flexibility index (Phi) is 7.88. The van der Waals surface area contributed by atoms with E-state index in [1.165, 1.54) is 12.8 Å². The van der Waals surface area contributed by atoms with Crippen molar-refractivity contribution in [3.63, 3.8) is 0 Å². The summed E-state index contributed by atoms with van der Waals surface area (Å²) in [6.07, 6.45) is 2.53. The van der Waals surface area contributed by atoms with Crippen LogP contribution in [-0.2, 0) is 0 Å². The first kappa shape index (κ1) is 23.0. The van der Waals surface area contributed by atoms with E-state index in [2.05, 4.69) is 88.4 Å². The lowest BCUT2D eigenvalue weighted by Gasteiger charge is -2.40. The molecular weight excluding hydrogens is 278 g/mol. The minimum absolute atomic E-state index is 0.345. The minimum atomic E-state index is 0.345. The first-order valence-corrected chi connectivity index (χ1v) is 9.72. The summed E-state index contributed by atoms with van der Waals surface area (Å²) in [7, 11) is 0. The summed E-state index contributed by atoms with van der Waals surface area (Å²) < 4.78 is 0. The molecule has 0 atom stereocenters. The Morgan fingerprint density at radius 3 is 1.04 bits per heavy atom. The Morgan fingerprint density at radius 1 is 0.565 bits per heavy atom. The van der Waals surface area contributed by atoms with E-state index in [0.717, 1.165) is 24.9 Å². The average molecular weight is 326 g/mol. The first-order valence-electron chi connectivity index (χ1n) is 9.72. The Hall–Kier alpha value is -0.0400. The molecule has 0 bridgehead atoms. The third kappa shape index (κ3) is 8.57. The van der Waals surface area contributed by atoms with Gasteiger partial charge in [-0.1, -0.05) is 83.1 Å². The van der Waals surface area contributed by atoms with E-state index in [1.807, 2.05) is 0 Å². The van der Waals surface area contributed by atoms with Gasteiger partial charge in [-0.3, -0.25) is 0 Å². The fourth-order valence-electron chi connectivity index (χ4n) is 3.74. The van der Waals surface area contributed by atoms with Gasteiger partial charge in [0.1, 0.15) is 0 Å². The van der Waals surface area contributed by atoms with Gasteiger partial charge in [-0.15, -0.1) is 0 Å². The molecule has 0 aromatic heterocycles. The average Bonchev–Trinajstić information content (AvgIpc) is 2.24. The van der Waals surface area contributed by atoms with Crippen LogP contribution in [0.15, 0.2) is 0 Å². The van der Waals surface area contributed by atoms with Gasteiger partial charge in [0.25, 0.3) is 0 Å². The van der Waals surface area contributed by atoms with Gasteiger partial charge >= 0.3 is 0 Å². The quantitative estimate of drug-likeness (QED) is 0.467. The van der Waals surface area contributed by atoms with Crippen LogP contribution in [0.25, 0.3) is 0 Å². The topological polar surface area (TPSA) is 12.0 Å². The van der Waals surface area contributed by atoms with Crippen molar-refractivity contribution < 1.29 is 0 Å². The lowest BCUT2D eigenvalue weighted by Crippen LogP contribution is -2.40. The maximum absolute atomic E-state index is 3.79. The zero-order chi connectivity index (χ0) is 18.7. The molecule has 0 fully saturated rings. The fraction of sp³-hybridized carbons (Fsp3) is 1.00. The number of hydrogen-bond donors (Lipinski definition) is 1. The number of nitrogens with one attached hydrogen (secondary N) is 1. The second kappa shape index (κ2) is 7.89. The highest BCUT2D eigenvalue weighted by molar-refractivity contribution is 4.86. The van der Waals surface area contributed by atoms with Gasteiger partial charge in [0.05, 0.1) is 0 Å². The zero-order valence-corrected chi connectivity index (χ0v) is 18.5. The molecule has 0 aromatic carbocycles. The van der Waals surface area contributed by atoms with Crippen LogP contribution in [0.3, 0.4) is 0 Å². The van der Waals surface area contributed by atoms with Crippen molar-refractivity contribution in [3.8, 4) is 0 Å². The van der Waals surface area contributed by atoms with Crippen LogP contribution in [0.2, 0.25) is 0 Å². The maximum atomic E-state index is 3.79. The van der Waals surface area contributed by atoms with Crippen LogP contribution in [0.5, 0.6) is 0 Å². The monoisotopic (exact) mass is 325 g/mol. The van der Waals surface area contributed by atoms with Gasteiger partial charge in [-0.05, 0) is 46.3 Å². The van der Waals surface area contributed by atoms with Crippen LogP contribution >= 0.6 is 0 Å². The molecule has 0 radical (unpaired) electrons. The van der Waals surface area contributed by atoms with E-state index in [4.69, 9.17) is 0 Å². The van der Waals surface area contributed by atoms with E-state index in [-0.39, 0.29) is 0 Å². The first-order chi connectivity index (χ1) is 10.0. The Labute approximate surface area is 148 Å². The van der Waals surface area contributed by atoms with Gasteiger partial charge in [0, 0.05) is 13.1 Å². The SMILES string of the molecule is CC(C)C(C)(C)CC(C)(C)CNCC(C)(C)CC(C)(C)C(C)C. The highest BCUT2D eigenvalue weighted by atomic mass is 14.9. The molecule has 0 unspecified atom stereocenters. The summed E-state index contributed by atoms with van der Waals surface area (Å²) in [6, 6.07) is 0. The smallest absolute Gasteiger partial charge is 0.000295 e. The lowest BCUT2D eigenvalue weighted by molar-refractivity contribution is 0.118. The third-order valence-electron chi connectivity index (χ3n) is 6.20. The summed E-state index contributed by atoms with van der Waals surface area (Å²) in [5, 5.41) is 3.79. The molecule has 1 N–H and O–H groups in total. The standard InChI is InChI=1S/C22H47N/c1-17(2)21(9,10)13-19(5,6)15-23-16-20(7,8)14-22(11,12)18(3)4/h17-18,23H,13-16H2,1-12H3. The molecular formula is C22H47N. The molecule has 0 saturated heterocycles. The molecule has 0 saturated carbocycles. The van der Waals surface area contributed by atoms with Crippen molar-refractivity contribution in [1.29, 1.82) is 0 Å². The molecule has 23 heavy (non-hydrogen) atoms. The second-order valence-corrected chi connectivity index (χ2v) is 11.6. The van der Waals surface area contributed by atoms with E-state index in [9.17, 15) is 0 Å². The van der Waals surface area contributed by atoms with E-state index < -0.39 is 0 Å². The predicted molar refractivity (Wildman–Crippen MR) is 107 cm³/mol. The van der Waals surface area contributed by atoms with E-state index in [1.54, 1.807) is 0 Å². The Morgan fingerprint density at radius 2 is 0.826 bits per heavy atom. The zero-order valence-electron chi connectivity index (χ0n) is 18.5. The Bertz CT molecular complexity index is 311. The molecule has 0 aliphatic rings. The second-order valence-electron chi connectivity index (χ2n) is 11.6. The van der Waals surface area contributed by atoms with Gasteiger partial charge in [-0.25, -0.2) is 0 Å². The Balaban J connectivity index is 4.52. The van der Waals surface area contributed by atoms with Crippen molar-refractivity contribution in [1.82, 2.24) is 5.32 Å². The van der Waals surface area contributed by atoms with Crippen molar-refractivity contribution in [2.45, 2.75) is 95.9 Å². The summed E-state index contributed by atoms with van der Waals surface area (Å²) in [5.41, 5.74) is 1.50. The van der Waals surface area contributed by atoms with Crippen LogP contribution in [0.1, 0.15) is 95.9 Å².